The molecule has 138 valence electrons. The van der Waals surface area contributed by atoms with E-state index in [2.05, 4.69) is 14.7 Å². The lowest BCUT2D eigenvalue weighted by Gasteiger charge is -2.34. The van der Waals surface area contributed by atoms with Gasteiger partial charge in [0.1, 0.15) is 4.90 Å². The van der Waals surface area contributed by atoms with Gasteiger partial charge in [0.2, 0.25) is 21.9 Å². The number of amides is 1. The average Bonchev–Trinajstić information content (AvgIpc) is 2.67. The molecule has 0 atom stereocenters. The molecule has 0 bridgehead atoms. The van der Waals surface area contributed by atoms with Crippen LogP contribution < -0.4 is 9.62 Å². The molecule has 2 aromatic rings. The number of benzene rings is 1. The third kappa shape index (κ3) is 4.29. The van der Waals surface area contributed by atoms with Crippen LogP contribution in [0.25, 0.3) is 0 Å². The molecule has 3 rings (SSSR count). The number of aromatic nitrogens is 2. The second kappa shape index (κ2) is 7.98. The molecule has 1 aromatic carbocycles. The average molecular weight is 396 g/mol. The van der Waals surface area contributed by atoms with Gasteiger partial charge in [0, 0.05) is 38.6 Å². The molecule has 0 unspecified atom stereocenters. The van der Waals surface area contributed by atoms with Crippen LogP contribution in [0.5, 0.6) is 0 Å². The Morgan fingerprint density at radius 1 is 1.08 bits per heavy atom. The van der Waals surface area contributed by atoms with Crippen molar-refractivity contribution in [2.45, 2.75) is 4.90 Å². The fourth-order valence-corrected chi connectivity index (χ4v) is 4.11. The van der Waals surface area contributed by atoms with Crippen molar-refractivity contribution < 1.29 is 13.2 Å². The Balaban J connectivity index is 1.54. The van der Waals surface area contributed by atoms with Crippen LogP contribution in [0.2, 0.25) is 5.02 Å². The zero-order valence-corrected chi connectivity index (χ0v) is 15.4. The number of nitrogens with one attached hydrogen (secondary N) is 1. The third-order valence-electron chi connectivity index (χ3n) is 4.01. The number of carbonyl (C=O) groups is 1. The Hall–Kier alpha value is -2.23. The normalized spacial score (nSPS) is 15.1. The zero-order valence-electron chi connectivity index (χ0n) is 13.9. The molecule has 1 N–H and O–H groups in total. The summed E-state index contributed by atoms with van der Waals surface area (Å²) in [6.07, 6.45) is 3.34. The van der Waals surface area contributed by atoms with Gasteiger partial charge in [0.15, 0.2) is 0 Å². The predicted octanol–water partition coefficient (Wildman–Crippen LogP) is 0.757. The van der Waals surface area contributed by atoms with Crippen molar-refractivity contribution in [1.29, 1.82) is 0 Å². The molecular formula is C16H18ClN5O3S. The van der Waals surface area contributed by atoms with Gasteiger partial charge in [-0.25, -0.2) is 23.1 Å². The van der Waals surface area contributed by atoms with Crippen LogP contribution in [0.15, 0.2) is 47.6 Å². The fraction of sp³-hybridized carbons (Fsp3) is 0.312. The van der Waals surface area contributed by atoms with E-state index in [9.17, 15) is 13.2 Å². The van der Waals surface area contributed by atoms with Crippen molar-refractivity contribution >= 4 is 33.5 Å². The second-order valence-corrected chi connectivity index (χ2v) is 7.81. The molecule has 1 aliphatic rings. The molecule has 0 saturated carbocycles. The van der Waals surface area contributed by atoms with Crippen molar-refractivity contribution in [3.05, 3.63) is 47.7 Å². The van der Waals surface area contributed by atoms with E-state index < -0.39 is 10.0 Å². The van der Waals surface area contributed by atoms with Gasteiger partial charge >= 0.3 is 0 Å². The number of halogens is 1. The molecule has 1 saturated heterocycles. The number of hydrogen-bond acceptors (Lipinski definition) is 6. The number of rotatable bonds is 5. The van der Waals surface area contributed by atoms with Crippen molar-refractivity contribution in [2.75, 3.05) is 37.6 Å². The van der Waals surface area contributed by atoms with Gasteiger partial charge in [-0.2, -0.15) is 0 Å². The summed E-state index contributed by atoms with van der Waals surface area (Å²) in [6.45, 7) is 1.82. The van der Waals surface area contributed by atoms with Crippen LogP contribution in [0.3, 0.4) is 0 Å². The summed E-state index contributed by atoms with van der Waals surface area (Å²) in [6, 6.07) is 7.85. The van der Waals surface area contributed by atoms with E-state index in [0.717, 1.165) is 0 Å². The minimum absolute atomic E-state index is 0.0412. The quantitative estimate of drug-likeness (QED) is 0.802. The lowest BCUT2D eigenvalue weighted by molar-refractivity contribution is -0.130. The van der Waals surface area contributed by atoms with E-state index in [1.54, 1.807) is 35.5 Å². The number of carbonyl (C=O) groups excluding carboxylic acids is 1. The molecule has 26 heavy (non-hydrogen) atoms. The lowest BCUT2D eigenvalue weighted by Crippen LogP contribution is -2.51. The first-order chi connectivity index (χ1) is 12.5. The van der Waals surface area contributed by atoms with Gasteiger partial charge in [-0.3, -0.25) is 4.79 Å². The smallest absolute Gasteiger partial charge is 0.242 e. The first-order valence-electron chi connectivity index (χ1n) is 8.01. The van der Waals surface area contributed by atoms with E-state index in [1.165, 1.54) is 12.1 Å². The Bertz CT molecular complexity index is 870. The molecule has 0 aliphatic carbocycles. The molecule has 10 heteroatoms. The molecule has 1 amide bonds. The Morgan fingerprint density at radius 3 is 2.38 bits per heavy atom. The fourth-order valence-electron chi connectivity index (χ4n) is 2.62. The maximum absolute atomic E-state index is 12.3. The van der Waals surface area contributed by atoms with Gasteiger partial charge in [0.05, 0.1) is 11.6 Å². The first-order valence-corrected chi connectivity index (χ1v) is 9.87. The number of piperazine rings is 1. The summed E-state index contributed by atoms with van der Waals surface area (Å²) < 4.78 is 26.9. The van der Waals surface area contributed by atoms with Crippen molar-refractivity contribution in [1.82, 2.24) is 19.6 Å². The highest BCUT2D eigenvalue weighted by Gasteiger charge is 2.24. The van der Waals surface area contributed by atoms with E-state index in [4.69, 9.17) is 11.6 Å². The summed E-state index contributed by atoms with van der Waals surface area (Å²) in [7, 11) is -3.84. The van der Waals surface area contributed by atoms with Crippen LogP contribution in [0, 0.1) is 0 Å². The summed E-state index contributed by atoms with van der Waals surface area (Å²) in [5.74, 6) is 0.341. The summed E-state index contributed by atoms with van der Waals surface area (Å²) in [4.78, 5) is 24.3. The maximum atomic E-state index is 12.3. The highest BCUT2D eigenvalue weighted by atomic mass is 35.5. The van der Waals surface area contributed by atoms with Crippen LogP contribution in [0.4, 0.5) is 5.95 Å². The third-order valence-corrected chi connectivity index (χ3v) is 5.91. The van der Waals surface area contributed by atoms with E-state index in [1.807, 2.05) is 4.90 Å². The SMILES string of the molecule is O=C(CNS(=O)(=O)c1ccccc1Cl)N1CCN(c2ncccn2)CC1. The van der Waals surface area contributed by atoms with Gasteiger partial charge in [-0.1, -0.05) is 23.7 Å². The molecule has 0 radical (unpaired) electrons. The molecule has 2 heterocycles. The zero-order chi connectivity index (χ0) is 18.6. The predicted molar refractivity (Wildman–Crippen MR) is 97.5 cm³/mol. The monoisotopic (exact) mass is 395 g/mol. The van der Waals surface area contributed by atoms with E-state index >= 15 is 0 Å². The Labute approximate surface area is 156 Å². The standard InChI is InChI=1S/C16H18ClN5O3S/c17-13-4-1-2-5-14(13)26(24,25)20-12-15(23)21-8-10-22(11-9-21)16-18-6-3-7-19-16/h1-7,20H,8-12H2. The molecule has 1 aromatic heterocycles. The van der Waals surface area contributed by atoms with E-state index in [-0.39, 0.29) is 22.4 Å². The van der Waals surface area contributed by atoms with E-state index in [0.29, 0.717) is 32.1 Å². The Morgan fingerprint density at radius 2 is 1.73 bits per heavy atom. The van der Waals surface area contributed by atoms with Crippen LogP contribution in [-0.2, 0) is 14.8 Å². The molecule has 1 aliphatic heterocycles. The summed E-state index contributed by atoms with van der Waals surface area (Å²) in [5.41, 5.74) is 0. The summed E-state index contributed by atoms with van der Waals surface area (Å²) in [5, 5.41) is 0.115. The molecule has 0 spiro atoms. The minimum atomic E-state index is -3.84. The second-order valence-electron chi connectivity index (χ2n) is 5.67. The van der Waals surface area contributed by atoms with Gasteiger partial charge in [-0.15, -0.1) is 0 Å². The molecule has 8 nitrogen and oxygen atoms in total. The highest BCUT2D eigenvalue weighted by molar-refractivity contribution is 7.89. The number of nitrogens with zero attached hydrogens (tertiary/aromatic N) is 4. The van der Waals surface area contributed by atoms with Gasteiger partial charge in [-0.05, 0) is 18.2 Å². The van der Waals surface area contributed by atoms with Gasteiger partial charge < -0.3 is 9.80 Å². The van der Waals surface area contributed by atoms with Gasteiger partial charge in [0.25, 0.3) is 0 Å². The highest BCUT2D eigenvalue weighted by Crippen LogP contribution is 2.20. The first kappa shape index (κ1) is 18.6. The Kier molecular flexibility index (Phi) is 5.70. The lowest BCUT2D eigenvalue weighted by atomic mass is 10.3. The maximum Gasteiger partial charge on any atom is 0.242 e. The number of sulfonamides is 1. The summed E-state index contributed by atoms with van der Waals surface area (Å²) >= 11 is 5.92. The molecular weight excluding hydrogens is 378 g/mol. The van der Waals surface area contributed by atoms with Crippen molar-refractivity contribution in [2.24, 2.45) is 0 Å². The van der Waals surface area contributed by atoms with Crippen molar-refractivity contribution in [3.8, 4) is 0 Å². The van der Waals surface area contributed by atoms with Crippen LogP contribution >= 0.6 is 11.6 Å². The number of anilines is 1. The number of hydrogen-bond donors (Lipinski definition) is 1. The largest absolute Gasteiger partial charge is 0.338 e. The molecule has 1 fully saturated rings. The van der Waals surface area contributed by atoms with Crippen LogP contribution in [0.1, 0.15) is 0 Å². The topological polar surface area (TPSA) is 95.5 Å². The minimum Gasteiger partial charge on any atom is -0.338 e. The van der Waals surface area contributed by atoms with Crippen molar-refractivity contribution in [3.63, 3.8) is 0 Å². The van der Waals surface area contributed by atoms with Crippen LogP contribution in [-0.4, -0.2) is 61.9 Å².